The Hall–Kier alpha value is -2.97. The molecule has 1 atom stereocenters. The van der Waals surface area contributed by atoms with Crippen LogP contribution in [0.15, 0.2) is 66.1 Å². The number of carbonyl (C=O) groups is 2. The SMILES string of the molecule is C=CC(=O)NC1C(C)(C)CN(S(=O)(=O)c2ccc(C(=O)NC3CCCc4ccccc43)cc2)CC1(C)C. The van der Waals surface area contributed by atoms with E-state index in [9.17, 15) is 18.0 Å². The monoisotopic (exact) mass is 523 g/mol. The van der Waals surface area contributed by atoms with Crippen molar-refractivity contribution in [3.8, 4) is 0 Å². The minimum absolute atomic E-state index is 0.0480. The lowest BCUT2D eigenvalue weighted by atomic mass is 9.67. The molecule has 2 N–H and O–H groups in total. The Morgan fingerprint density at radius 2 is 1.59 bits per heavy atom. The van der Waals surface area contributed by atoms with Crippen molar-refractivity contribution in [2.24, 2.45) is 10.8 Å². The molecule has 2 aliphatic rings. The summed E-state index contributed by atoms with van der Waals surface area (Å²) in [5, 5.41) is 6.12. The fourth-order valence-corrected chi connectivity index (χ4v) is 7.82. The average Bonchev–Trinajstić information content (AvgIpc) is 2.85. The van der Waals surface area contributed by atoms with Crippen molar-refractivity contribution < 1.29 is 18.0 Å². The molecule has 0 spiro atoms. The van der Waals surface area contributed by atoms with Gasteiger partial charge in [0.1, 0.15) is 0 Å². The number of aryl methyl sites for hydroxylation is 1. The van der Waals surface area contributed by atoms with Gasteiger partial charge in [0.15, 0.2) is 0 Å². The summed E-state index contributed by atoms with van der Waals surface area (Å²) in [4.78, 5) is 25.2. The first-order chi connectivity index (χ1) is 17.3. The fraction of sp³-hybridized carbons (Fsp3) is 0.448. The van der Waals surface area contributed by atoms with E-state index in [-0.39, 0.29) is 41.9 Å². The first-order valence-corrected chi connectivity index (χ1v) is 14.2. The molecule has 37 heavy (non-hydrogen) atoms. The third kappa shape index (κ3) is 5.50. The third-order valence-electron chi connectivity index (χ3n) is 7.63. The van der Waals surface area contributed by atoms with Crippen LogP contribution in [-0.2, 0) is 21.2 Å². The lowest BCUT2D eigenvalue weighted by Gasteiger charge is -2.52. The van der Waals surface area contributed by atoms with Crippen LogP contribution >= 0.6 is 0 Å². The smallest absolute Gasteiger partial charge is 0.251 e. The summed E-state index contributed by atoms with van der Waals surface area (Å²) in [6, 6.07) is 14.0. The molecule has 1 aliphatic carbocycles. The van der Waals surface area contributed by atoms with E-state index < -0.39 is 20.9 Å². The maximum atomic E-state index is 13.6. The van der Waals surface area contributed by atoms with Crippen LogP contribution in [0, 0.1) is 10.8 Å². The lowest BCUT2D eigenvalue weighted by Crippen LogP contribution is -2.64. The Kier molecular flexibility index (Phi) is 7.36. The van der Waals surface area contributed by atoms with Gasteiger partial charge in [0.25, 0.3) is 5.91 Å². The van der Waals surface area contributed by atoms with Gasteiger partial charge in [-0.05, 0) is 71.6 Å². The average molecular weight is 524 g/mol. The molecule has 4 rings (SSSR count). The van der Waals surface area contributed by atoms with Crippen LogP contribution in [0.3, 0.4) is 0 Å². The number of benzene rings is 2. The number of fused-ring (bicyclic) bond motifs is 1. The van der Waals surface area contributed by atoms with Gasteiger partial charge in [-0.1, -0.05) is 58.5 Å². The van der Waals surface area contributed by atoms with Gasteiger partial charge in [-0.2, -0.15) is 4.31 Å². The highest BCUT2D eigenvalue weighted by atomic mass is 32.2. The highest BCUT2D eigenvalue weighted by Gasteiger charge is 2.50. The van der Waals surface area contributed by atoms with Crippen LogP contribution in [0.2, 0.25) is 0 Å². The predicted octanol–water partition coefficient (Wildman–Crippen LogP) is 4.22. The highest BCUT2D eigenvalue weighted by Crippen LogP contribution is 2.42. The second-order valence-electron chi connectivity index (χ2n) is 11.5. The molecule has 8 heteroatoms. The summed E-state index contributed by atoms with van der Waals surface area (Å²) in [6.45, 7) is 11.9. The van der Waals surface area contributed by atoms with Gasteiger partial charge in [-0.25, -0.2) is 8.42 Å². The number of nitrogens with zero attached hydrogens (tertiary/aromatic N) is 1. The zero-order chi connectivity index (χ0) is 27.0. The minimum atomic E-state index is -3.80. The first kappa shape index (κ1) is 27.1. The lowest BCUT2D eigenvalue weighted by molar-refractivity contribution is -0.120. The molecule has 1 aliphatic heterocycles. The molecule has 7 nitrogen and oxygen atoms in total. The molecule has 198 valence electrons. The Balaban J connectivity index is 1.50. The number of nitrogens with one attached hydrogen (secondary N) is 2. The Morgan fingerprint density at radius 3 is 2.22 bits per heavy atom. The zero-order valence-corrected chi connectivity index (χ0v) is 22.9. The number of amides is 2. The number of hydrogen-bond donors (Lipinski definition) is 2. The number of hydrogen-bond acceptors (Lipinski definition) is 4. The van der Waals surface area contributed by atoms with Crippen LogP contribution in [0.5, 0.6) is 0 Å². The molecule has 1 fully saturated rings. The summed E-state index contributed by atoms with van der Waals surface area (Å²) in [7, 11) is -3.80. The van der Waals surface area contributed by atoms with Crippen molar-refractivity contribution in [3.63, 3.8) is 0 Å². The molecule has 0 aromatic heterocycles. The van der Waals surface area contributed by atoms with Crippen LogP contribution < -0.4 is 10.6 Å². The van der Waals surface area contributed by atoms with E-state index in [1.54, 1.807) is 12.1 Å². The van der Waals surface area contributed by atoms with Crippen molar-refractivity contribution in [2.75, 3.05) is 13.1 Å². The molecular weight excluding hydrogens is 486 g/mol. The van der Waals surface area contributed by atoms with Gasteiger partial charge in [0.2, 0.25) is 15.9 Å². The number of rotatable bonds is 6. The maximum absolute atomic E-state index is 13.6. The molecule has 2 aromatic rings. The van der Waals surface area contributed by atoms with Gasteiger partial charge >= 0.3 is 0 Å². The summed E-state index contributed by atoms with van der Waals surface area (Å²) in [6.07, 6.45) is 4.14. The molecule has 2 amide bonds. The first-order valence-electron chi connectivity index (χ1n) is 12.8. The molecular formula is C29H37N3O4S. The number of piperidine rings is 1. The summed E-state index contributed by atoms with van der Waals surface area (Å²) >= 11 is 0. The summed E-state index contributed by atoms with van der Waals surface area (Å²) < 4.78 is 28.7. The zero-order valence-electron chi connectivity index (χ0n) is 22.1. The van der Waals surface area contributed by atoms with E-state index in [2.05, 4.69) is 29.3 Å². The topological polar surface area (TPSA) is 95.6 Å². The fourth-order valence-electron chi connectivity index (χ4n) is 6.04. The van der Waals surface area contributed by atoms with Crippen LogP contribution in [-0.4, -0.2) is 43.7 Å². The van der Waals surface area contributed by atoms with Gasteiger partial charge in [-0.3, -0.25) is 9.59 Å². The summed E-state index contributed by atoms with van der Waals surface area (Å²) in [5.41, 5.74) is 1.82. The van der Waals surface area contributed by atoms with E-state index >= 15 is 0 Å². The van der Waals surface area contributed by atoms with E-state index in [0.29, 0.717) is 5.56 Å². The van der Waals surface area contributed by atoms with Crippen LogP contribution in [0.4, 0.5) is 0 Å². The van der Waals surface area contributed by atoms with Gasteiger partial charge in [-0.15, -0.1) is 0 Å². The van der Waals surface area contributed by atoms with Crippen LogP contribution in [0.1, 0.15) is 68.1 Å². The predicted molar refractivity (Wildman–Crippen MR) is 144 cm³/mol. The number of sulfonamides is 1. The van der Waals surface area contributed by atoms with Crippen molar-refractivity contribution in [1.82, 2.24) is 14.9 Å². The quantitative estimate of drug-likeness (QED) is 0.554. The molecule has 2 aromatic carbocycles. The minimum Gasteiger partial charge on any atom is -0.349 e. The maximum Gasteiger partial charge on any atom is 0.251 e. The van der Waals surface area contributed by atoms with Gasteiger partial charge in [0.05, 0.1) is 10.9 Å². The largest absolute Gasteiger partial charge is 0.349 e. The molecule has 0 bridgehead atoms. The molecule has 0 saturated carbocycles. The Morgan fingerprint density at radius 1 is 0.973 bits per heavy atom. The molecule has 1 saturated heterocycles. The third-order valence-corrected chi connectivity index (χ3v) is 9.44. The highest BCUT2D eigenvalue weighted by molar-refractivity contribution is 7.89. The molecule has 1 heterocycles. The van der Waals surface area contributed by atoms with Gasteiger partial charge < -0.3 is 10.6 Å². The standard InChI is InChI=1S/C29H37N3O4S/c1-6-25(33)31-27-28(2,3)18-32(19-29(27,4)5)37(35,36)22-16-14-21(15-17-22)26(34)30-24-13-9-11-20-10-7-8-12-23(20)24/h6-8,10,12,14-17,24,27H,1,9,11,13,18-19H2,2-5H3,(H,30,34)(H,31,33). The normalized spacial score (nSPS) is 21.5. The number of carbonyl (C=O) groups excluding carboxylic acids is 2. The van der Waals surface area contributed by atoms with Crippen LogP contribution in [0.25, 0.3) is 0 Å². The second-order valence-corrected chi connectivity index (χ2v) is 13.5. The van der Waals surface area contributed by atoms with E-state index in [1.807, 2.05) is 39.8 Å². The molecule has 0 radical (unpaired) electrons. The summed E-state index contributed by atoms with van der Waals surface area (Å²) in [5.74, 6) is -0.486. The van der Waals surface area contributed by atoms with E-state index in [0.717, 1.165) is 24.8 Å². The van der Waals surface area contributed by atoms with E-state index in [1.165, 1.54) is 28.1 Å². The van der Waals surface area contributed by atoms with E-state index in [4.69, 9.17) is 0 Å². The second kappa shape index (κ2) is 10.1. The van der Waals surface area contributed by atoms with Crippen molar-refractivity contribution in [1.29, 1.82) is 0 Å². The molecule has 1 unspecified atom stereocenters. The Labute approximate surface area is 220 Å². The Bertz CT molecular complexity index is 1280. The van der Waals surface area contributed by atoms with Crippen molar-refractivity contribution >= 4 is 21.8 Å². The van der Waals surface area contributed by atoms with Crippen molar-refractivity contribution in [2.45, 2.75) is 63.9 Å². The van der Waals surface area contributed by atoms with Crippen molar-refractivity contribution in [3.05, 3.63) is 77.9 Å². The van der Waals surface area contributed by atoms with Gasteiger partial charge in [0, 0.05) is 24.7 Å².